The fourth-order valence-electron chi connectivity index (χ4n) is 3.54. The van der Waals surface area contributed by atoms with Gasteiger partial charge in [-0.15, -0.1) is 0 Å². The Morgan fingerprint density at radius 2 is 1.77 bits per heavy atom. The van der Waals surface area contributed by atoms with E-state index in [0.717, 1.165) is 0 Å². The van der Waals surface area contributed by atoms with Crippen LogP contribution in [0, 0.1) is 0 Å². The summed E-state index contributed by atoms with van der Waals surface area (Å²) >= 11 is 0. The maximum Gasteiger partial charge on any atom is 0.295 e. The predicted molar refractivity (Wildman–Crippen MR) is 113 cm³/mol. The van der Waals surface area contributed by atoms with Crippen molar-refractivity contribution >= 4 is 17.4 Å². The average molecular weight is 427 g/mol. The summed E-state index contributed by atoms with van der Waals surface area (Å²) in [6.45, 7) is 2.05. The summed E-state index contributed by atoms with van der Waals surface area (Å²) in [6, 6.07) is 12.1. The van der Waals surface area contributed by atoms with Gasteiger partial charge in [-0.3, -0.25) is 9.59 Å². The molecule has 1 saturated heterocycles. The summed E-state index contributed by atoms with van der Waals surface area (Å²) in [7, 11) is 2.86. The third kappa shape index (κ3) is 4.40. The first-order valence-electron chi connectivity index (χ1n) is 9.78. The Morgan fingerprint density at radius 1 is 1.10 bits per heavy atom. The molecule has 0 bridgehead atoms. The number of Topliss-reactive ketones (excluding diaryl/α,β-unsaturated/α-hetero) is 1. The van der Waals surface area contributed by atoms with Gasteiger partial charge in [-0.25, -0.2) is 0 Å². The second-order valence-electron chi connectivity index (χ2n) is 6.88. The molecule has 2 N–H and O–H groups in total. The Bertz CT molecular complexity index is 983. The summed E-state index contributed by atoms with van der Waals surface area (Å²) in [5, 5.41) is 21.1. The van der Waals surface area contributed by atoms with E-state index in [0.29, 0.717) is 17.7 Å². The number of amides is 1. The van der Waals surface area contributed by atoms with Gasteiger partial charge in [-0.1, -0.05) is 36.4 Å². The molecule has 1 heterocycles. The van der Waals surface area contributed by atoms with E-state index < -0.39 is 24.0 Å². The van der Waals surface area contributed by atoms with Crippen LogP contribution in [0.4, 0.5) is 0 Å². The lowest BCUT2D eigenvalue weighted by molar-refractivity contribution is -0.149. The zero-order valence-electron chi connectivity index (χ0n) is 17.6. The number of ketones is 1. The number of aliphatic hydroxyl groups excluding tert-OH is 1. The van der Waals surface area contributed by atoms with Crippen molar-refractivity contribution in [2.45, 2.75) is 19.3 Å². The molecule has 1 aliphatic heterocycles. The SMILES string of the molecule is CCOc1cc([C@H]2C(=C(O)c3ccccc3)C(=O)C(=O)N2CC(OC)OC)ccc1O. The minimum atomic E-state index is -0.923. The quantitative estimate of drug-likeness (QED) is 0.289. The van der Waals surface area contributed by atoms with Crippen LogP contribution >= 0.6 is 0 Å². The Kier molecular flexibility index (Phi) is 6.94. The van der Waals surface area contributed by atoms with E-state index in [-0.39, 0.29) is 29.4 Å². The number of hydrogen-bond donors (Lipinski definition) is 2. The van der Waals surface area contributed by atoms with Gasteiger partial charge < -0.3 is 29.3 Å². The molecule has 1 amide bonds. The molecule has 8 nitrogen and oxygen atoms in total. The monoisotopic (exact) mass is 427 g/mol. The Balaban J connectivity index is 2.18. The van der Waals surface area contributed by atoms with Gasteiger partial charge in [0.1, 0.15) is 5.76 Å². The van der Waals surface area contributed by atoms with Gasteiger partial charge in [0.15, 0.2) is 17.8 Å². The molecule has 0 spiro atoms. The summed E-state index contributed by atoms with van der Waals surface area (Å²) in [5.41, 5.74) is 0.837. The first-order valence-corrected chi connectivity index (χ1v) is 9.78. The number of benzene rings is 2. The van der Waals surface area contributed by atoms with E-state index in [4.69, 9.17) is 14.2 Å². The average Bonchev–Trinajstić information content (AvgIpc) is 3.03. The molecule has 31 heavy (non-hydrogen) atoms. The lowest BCUT2D eigenvalue weighted by atomic mass is 9.95. The van der Waals surface area contributed by atoms with Gasteiger partial charge in [0, 0.05) is 19.8 Å². The van der Waals surface area contributed by atoms with Crippen molar-refractivity contribution in [3.63, 3.8) is 0 Å². The predicted octanol–water partition coefficient (Wildman–Crippen LogP) is 2.83. The van der Waals surface area contributed by atoms with Crippen molar-refractivity contribution in [2.24, 2.45) is 0 Å². The lowest BCUT2D eigenvalue weighted by Gasteiger charge is -2.28. The summed E-state index contributed by atoms with van der Waals surface area (Å²) in [6.07, 6.45) is -0.777. The van der Waals surface area contributed by atoms with Gasteiger partial charge >= 0.3 is 0 Å². The van der Waals surface area contributed by atoms with Crippen molar-refractivity contribution in [3.8, 4) is 11.5 Å². The van der Waals surface area contributed by atoms with Crippen LogP contribution in [0.3, 0.4) is 0 Å². The molecule has 0 unspecified atom stereocenters. The molecule has 0 saturated carbocycles. The number of carbonyl (C=O) groups excluding carboxylic acids is 2. The summed E-state index contributed by atoms with van der Waals surface area (Å²) < 4.78 is 15.9. The van der Waals surface area contributed by atoms with Crippen LogP contribution in [-0.2, 0) is 19.1 Å². The third-order valence-corrected chi connectivity index (χ3v) is 5.06. The van der Waals surface area contributed by atoms with E-state index in [9.17, 15) is 19.8 Å². The van der Waals surface area contributed by atoms with E-state index in [1.807, 2.05) is 0 Å². The minimum absolute atomic E-state index is 0.0430. The summed E-state index contributed by atoms with van der Waals surface area (Å²) in [5.74, 6) is -1.75. The largest absolute Gasteiger partial charge is 0.507 e. The Labute approximate surface area is 180 Å². The number of rotatable bonds is 8. The van der Waals surface area contributed by atoms with E-state index >= 15 is 0 Å². The molecular weight excluding hydrogens is 402 g/mol. The fourth-order valence-corrected chi connectivity index (χ4v) is 3.54. The van der Waals surface area contributed by atoms with E-state index in [2.05, 4.69) is 0 Å². The van der Waals surface area contributed by atoms with Crippen molar-refractivity contribution in [1.82, 2.24) is 4.90 Å². The molecule has 0 aromatic heterocycles. The molecular formula is C23H25NO7. The zero-order chi connectivity index (χ0) is 22.5. The number of methoxy groups -OCH3 is 2. The van der Waals surface area contributed by atoms with Gasteiger partial charge in [-0.2, -0.15) is 0 Å². The Morgan fingerprint density at radius 3 is 2.39 bits per heavy atom. The van der Waals surface area contributed by atoms with Gasteiger partial charge in [0.25, 0.3) is 11.7 Å². The summed E-state index contributed by atoms with van der Waals surface area (Å²) in [4.78, 5) is 27.2. The molecule has 1 aliphatic rings. The molecule has 3 rings (SSSR count). The number of carbonyl (C=O) groups is 2. The molecule has 2 aromatic carbocycles. The standard InChI is InChI=1S/C23H25NO7/c1-4-31-17-12-15(10-11-16(17)25)20-19(21(26)14-8-6-5-7-9-14)22(27)23(28)24(20)13-18(29-2)30-3/h5-12,18,20,25-26H,4,13H2,1-3H3/t20-/m0/s1. The van der Waals surface area contributed by atoms with E-state index in [1.165, 1.54) is 25.2 Å². The van der Waals surface area contributed by atoms with Crippen LogP contribution < -0.4 is 4.74 Å². The second-order valence-corrected chi connectivity index (χ2v) is 6.88. The van der Waals surface area contributed by atoms with Crippen molar-refractivity contribution in [1.29, 1.82) is 0 Å². The molecule has 0 aliphatic carbocycles. The highest BCUT2D eigenvalue weighted by Crippen LogP contribution is 2.41. The zero-order valence-corrected chi connectivity index (χ0v) is 17.6. The number of nitrogens with zero attached hydrogens (tertiary/aromatic N) is 1. The van der Waals surface area contributed by atoms with Crippen LogP contribution in [-0.4, -0.2) is 60.5 Å². The topological polar surface area (TPSA) is 106 Å². The molecule has 164 valence electrons. The number of aromatic hydroxyl groups is 1. The van der Waals surface area contributed by atoms with Gasteiger partial charge in [0.05, 0.1) is 24.8 Å². The van der Waals surface area contributed by atoms with Crippen LogP contribution in [0.1, 0.15) is 24.1 Å². The van der Waals surface area contributed by atoms with Gasteiger partial charge in [0.2, 0.25) is 0 Å². The fraction of sp³-hybridized carbons (Fsp3) is 0.304. The number of ether oxygens (including phenoxy) is 3. The van der Waals surface area contributed by atoms with Crippen LogP contribution in [0.5, 0.6) is 11.5 Å². The van der Waals surface area contributed by atoms with Crippen molar-refractivity contribution in [3.05, 3.63) is 65.2 Å². The first-order chi connectivity index (χ1) is 14.9. The number of phenolic OH excluding ortho intramolecular Hbond substituents is 1. The van der Waals surface area contributed by atoms with Crippen molar-refractivity contribution < 1.29 is 34.0 Å². The van der Waals surface area contributed by atoms with Crippen LogP contribution in [0.2, 0.25) is 0 Å². The number of aliphatic hydroxyl groups is 1. The highest BCUT2D eigenvalue weighted by molar-refractivity contribution is 6.46. The number of hydrogen-bond acceptors (Lipinski definition) is 7. The van der Waals surface area contributed by atoms with Crippen LogP contribution in [0.25, 0.3) is 5.76 Å². The number of likely N-dealkylation sites (tertiary alicyclic amines) is 1. The normalized spacial score (nSPS) is 18.1. The first kappa shape index (κ1) is 22.3. The molecule has 2 aromatic rings. The second kappa shape index (κ2) is 9.63. The van der Waals surface area contributed by atoms with Gasteiger partial charge in [-0.05, 0) is 24.6 Å². The smallest absolute Gasteiger partial charge is 0.295 e. The molecule has 0 radical (unpaired) electrons. The van der Waals surface area contributed by atoms with Crippen molar-refractivity contribution in [2.75, 3.05) is 27.4 Å². The molecule has 8 heteroatoms. The third-order valence-electron chi connectivity index (χ3n) is 5.06. The van der Waals surface area contributed by atoms with Crippen LogP contribution in [0.15, 0.2) is 54.1 Å². The number of phenols is 1. The maximum absolute atomic E-state index is 13.0. The molecule has 1 atom stereocenters. The maximum atomic E-state index is 13.0. The Hall–Kier alpha value is -3.36. The highest BCUT2D eigenvalue weighted by Gasteiger charge is 2.47. The highest BCUT2D eigenvalue weighted by atomic mass is 16.7. The minimum Gasteiger partial charge on any atom is -0.507 e. The molecule has 1 fully saturated rings. The lowest BCUT2D eigenvalue weighted by Crippen LogP contribution is -2.38. The van der Waals surface area contributed by atoms with E-state index in [1.54, 1.807) is 49.4 Å².